The molecule has 5 heteroatoms. The van der Waals surface area contributed by atoms with Crippen molar-refractivity contribution in [3.8, 4) is 0 Å². The van der Waals surface area contributed by atoms with Crippen LogP contribution in [0.2, 0.25) is 5.15 Å². The second-order valence-electron chi connectivity index (χ2n) is 3.04. The Balaban J connectivity index is 3.15. The van der Waals surface area contributed by atoms with Crippen LogP contribution in [-0.2, 0) is 6.54 Å². The van der Waals surface area contributed by atoms with Gasteiger partial charge < -0.3 is 5.73 Å². The van der Waals surface area contributed by atoms with Crippen molar-refractivity contribution in [2.45, 2.75) is 6.54 Å². The summed E-state index contributed by atoms with van der Waals surface area (Å²) < 4.78 is 1.31. The van der Waals surface area contributed by atoms with Crippen molar-refractivity contribution in [1.82, 2.24) is 9.55 Å². The molecule has 0 saturated carbocycles. The Morgan fingerprint density at radius 1 is 1.62 bits per heavy atom. The fourth-order valence-corrected chi connectivity index (χ4v) is 1.35. The summed E-state index contributed by atoms with van der Waals surface area (Å²) in [7, 11) is 0. The third kappa shape index (κ3) is 2.84. The van der Waals surface area contributed by atoms with E-state index in [2.05, 4.69) is 18.1 Å². The standard InChI is InChI=1S/C11H12ClN3O/c1-3-5-8(4-2)7-15-10(16)6-9(12)14-11(15)13/h3-6H,1-2,7H2,(H2,13,14)/b8-5+. The normalized spacial score (nSPS) is 11.2. The number of allylic oxidation sites excluding steroid dienone is 4. The fourth-order valence-electron chi connectivity index (χ4n) is 1.17. The minimum Gasteiger partial charge on any atom is -0.369 e. The fraction of sp³-hybridized carbons (Fsp3) is 0.0909. The van der Waals surface area contributed by atoms with Crippen molar-refractivity contribution in [3.63, 3.8) is 0 Å². The molecule has 0 saturated heterocycles. The molecule has 1 rings (SSSR count). The minimum absolute atomic E-state index is 0.0781. The van der Waals surface area contributed by atoms with E-state index in [-0.39, 0.29) is 16.7 Å². The van der Waals surface area contributed by atoms with Crippen LogP contribution in [0.15, 0.2) is 47.8 Å². The quantitative estimate of drug-likeness (QED) is 0.641. The predicted molar refractivity (Wildman–Crippen MR) is 66.4 cm³/mol. The largest absolute Gasteiger partial charge is 0.369 e. The Kier molecular flexibility index (Phi) is 4.08. The Hall–Kier alpha value is -1.81. The number of rotatable bonds is 4. The molecule has 1 heterocycles. The summed E-state index contributed by atoms with van der Waals surface area (Å²) >= 11 is 5.60. The molecule has 0 spiro atoms. The highest BCUT2D eigenvalue weighted by Crippen LogP contribution is 2.07. The molecule has 1 aromatic rings. The van der Waals surface area contributed by atoms with Gasteiger partial charge in [-0.05, 0) is 5.57 Å². The molecule has 0 aliphatic heterocycles. The van der Waals surface area contributed by atoms with E-state index in [9.17, 15) is 4.79 Å². The first kappa shape index (κ1) is 12.3. The first-order chi connectivity index (χ1) is 7.58. The van der Waals surface area contributed by atoms with Crippen molar-refractivity contribution in [2.24, 2.45) is 0 Å². The van der Waals surface area contributed by atoms with Crippen molar-refractivity contribution < 1.29 is 0 Å². The lowest BCUT2D eigenvalue weighted by molar-refractivity contribution is 0.751. The average molecular weight is 238 g/mol. The van der Waals surface area contributed by atoms with Crippen LogP contribution in [0, 0.1) is 0 Å². The number of halogens is 1. The van der Waals surface area contributed by atoms with Crippen LogP contribution in [0.1, 0.15) is 0 Å². The molecule has 0 radical (unpaired) electrons. The smallest absolute Gasteiger partial charge is 0.256 e. The molecule has 0 fully saturated rings. The lowest BCUT2D eigenvalue weighted by atomic mass is 10.2. The molecule has 2 N–H and O–H groups in total. The van der Waals surface area contributed by atoms with Crippen molar-refractivity contribution in [3.05, 3.63) is 58.5 Å². The van der Waals surface area contributed by atoms with Gasteiger partial charge in [0.05, 0.1) is 6.54 Å². The summed E-state index contributed by atoms with van der Waals surface area (Å²) in [6, 6.07) is 1.21. The number of aromatic nitrogens is 2. The number of hydrogen-bond acceptors (Lipinski definition) is 3. The zero-order valence-electron chi connectivity index (χ0n) is 8.69. The van der Waals surface area contributed by atoms with Crippen LogP contribution in [0.25, 0.3) is 0 Å². The summed E-state index contributed by atoms with van der Waals surface area (Å²) in [6.07, 6.45) is 4.98. The van der Waals surface area contributed by atoms with Gasteiger partial charge in [0.25, 0.3) is 5.56 Å². The van der Waals surface area contributed by atoms with E-state index in [0.717, 1.165) is 5.57 Å². The number of nitrogens with two attached hydrogens (primary N) is 1. The van der Waals surface area contributed by atoms with Gasteiger partial charge in [-0.15, -0.1) is 0 Å². The van der Waals surface area contributed by atoms with Crippen LogP contribution in [0.4, 0.5) is 5.95 Å². The van der Waals surface area contributed by atoms with Crippen LogP contribution in [0.3, 0.4) is 0 Å². The zero-order valence-corrected chi connectivity index (χ0v) is 9.44. The van der Waals surface area contributed by atoms with E-state index in [1.165, 1.54) is 10.6 Å². The van der Waals surface area contributed by atoms with E-state index in [1.54, 1.807) is 18.2 Å². The van der Waals surface area contributed by atoms with Gasteiger partial charge in [-0.1, -0.05) is 43.0 Å². The van der Waals surface area contributed by atoms with Gasteiger partial charge in [-0.3, -0.25) is 9.36 Å². The highest BCUT2D eigenvalue weighted by Gasteiger charge is 2.05. The first-order valence-corrected chi connectivity index (χ1v) is 4.93. The lowest BCUT2D eigenvalue weighted by Crippen LogP contribution is -2.24. The molecular weight excluding hydrogens is 226 g/mol. The highest BCUT2D eigenvalue weighted by atomic mass is 35.5. The van der Waals surface area contributed by atoms with Crippen LogP contribution >= 0.6 is 11.6 Å². The van der Waals surface area contributed by atoms with Gasteiger partial charge in [0.2, 0.25) is 5.95 Å². The molecule has 84 valence electrons. The van der Waals surface area contributed by atoms with E-state index in [4.69, 9.17) is 17.3 Å². The Morgan fingerprint density at radius 2 is 2.31 bits per heavy atom. The zero-order chi connectivity index (χ0) is 12.1. The molecule has 0 atom stereocenters. The summed E-state index contributed by atoms with van der Waals surface area (Å²) in [6.45, 7) is 7.50. The maximum absolute atomic E-state index is 11.6. The molecule has 0 bridgehead atoms. The van der Waals surface area contributed by atoms with Gasteiger partial charge in [0, 0.05) is 6.07 Å². The third-order valence-corrected chi connectivity index (χ3v) is 2.13. The van der Waals surface area contributed by atoms with Crippen LogP contribution in [0.5, 0.6) is 0 Å². The second-order valence-corrected chi connectivity index (χ2v) is 3.43. The Labute approximate surface area is 98.4 Å². The number of nitrogens with zero attached hydrogens (tertiary/aromatic N) is 2. The molecule has 16 heavy (non-hydrogen) atoms. The van der Waals surface area contributed by atoms with Crippen molar-refractivity contribution in [2.75, 3.05) is 5.73 Å². The first-order valence-electron chi connectivity index (χ1n) is 4.55. The molecule has 0 aromatic carbocycles. The van der Waals surface area contributed by atoms with Gasteiger partial charge in [0.15, 0.2) is 0 Å². The Morgan fingerprint density at radius 3 is 2.81 bits per heavy atom. The van der Waals surface area contributed by atoms with E-state index < -0.39 is 0 Å². The lowest BCUT2D eigenvalue weighted by Gasteiger charge is -2.08. The molecular formula is C11H12ClN3O. The molecule has 0 unspecified atom stereocenters. The van der Waals surface area contributed by atoms with Gasteiger partial charge in [0.1, 0.15) is 5.15 Å². The van der Waals surface area contributed by atoms with Crippen LogP contribution < -0.4 is 11.3 Å². The monoisotopic (exact) mass is 237 g/mol. The average Bonchev–Trinajstić information content (AvgIpc) is 2.21. The molecule has 0 amide bonds. The summed E-state index contributed by atoms with van der Waals surface area (Å²) in [4.78, 5) is 15.4. The molecule has 1 aromatic heterocycles. The van der Waals surface area contributed by atoms with E-state index >= 15 is 0 Å². The van der Waals surface area contributed by atoms with E-state index in [0.29, 0.717) is 6.54 Å². The van der Waals surface area contributed by atoms with Crippen molar-refractivity contribution in [1.29, 1.82) is 0 Å². The maximum atomic E-state index is 11.6. The van der Waals surface area contributed by atoms with E-state index in [1.807, 2.05) is 0 Å². The molecule has 0 aliphatic carbocycles. The number of anilines is 1. The summed E-state index contributed by atoms with van der Waals surface area (Å²) in [5.41, 5.74) is 6.12. The van der Waals surface area contributed by atoms with Gasteiger partial charge >= 0.3 is 0 Å². The van der Waals surface area contributed by atoms with Crippen molar-refractivity contribution >= 4 is 17.5 Å². The molecule has 4 nitrogen and oxygen atoms in total. The second kappa shape index (κ2) is 5.32. The highest BCUT2D eigenvalue weighted by molar-refractivity contribution is 6.29. The SMILES string of the molecule is C=C/C=C(\C=C)Cn1c(N)nc(Cl)cc1=O. The maximum Gasteiger partial charge on any atom is 0.256 e. The van der Waals surface area contributed by atoms with Gasteiger partial charge in [-0.2, -0.15) is 0 Å². The Bertz CT molecular complexity index is 502. The molecule has 0 aliphatic rings. The number of nitrogen functional groups attached to an aromatic ring is 1. The topological polar surface area (TPSA) is 60.9 Å². The third-order valence-electron chi connectivity index (χ3n) is 1.94. The predicted octanol–water partition coefficient (Wildman–Crippen LogP) is 1.78. The summed E-state index contributed by atoms with van der Waals surface area (Å²) in [5.74, 6) is 0.0781. The minimum atomic E-state index is -0.297. The summed E-state index contributed by atoms with van der Waals surface area (Å²) in [5, 5.41) is 0.0894. The van der Waals surface area contributed by atoms with Gasteiger partial charge in [-0.25, -0.2) is 4.98 Å². The number of hydrogen-bond donors (Lipinski definition) is 1. The van der Waals surface area contributed by atoms with Crippen LogP contribution in [-0.4, -0.2) is 9.55 Å².